The van der Waals surface area contributed by atoms with E-state index >= 15 is 0 Å². The number of hydrogen-bond donors (Lipinski definition) is 0. The fourth-order valence-corrected chi connectivity index (χ4v) is 1.62. The zero-order valence-corrected chi connectivity index (χ0v) is 10.1. The molecule has 0 unspecified atom stereocenters. The average Bonchev–Trinajstić information content (AvgIpc) is 2.18. The van der Waals surface area contributed by atoms with E-state index in [0.29, 0.717) is 6.07 Å². The Morgan fingerprint density at radius 2 is 1.69 bits per heavy atom. The van der Waals surface area contributed by atoms with Crippen molar-refractivity contribution in [2.75, 3.05) is 0 Å². The van der Waals surface area contributed by atoms with E-state index in [-0.39, 0.29) is 0 Å². The van der Waals surface area contributed by atoms with Gasteiger partial charge in [-0.15, -0.1) is 0 Å². The molecule has 1 aromatic carbocycles. The van der Waals surface area contributed by atoms with Gasteiger partial charge in [-0.05, 0) is 18.2 Å². The molecule has 0 fully saturated rings. The summed E-state index contributed by atoms with van der Waals surface area (Å²) in [4.78, 5) is -0.561. The molecule has 0 aliphatic heterocycles. The molecule has 0 amide bonds. The molecule has 0 aliphatic rings. The Balaban J connectivity index is 0.00000106. The summed E-state index contributed by atoms with van der Waals surface area (Å²) in [6, 6.07) is 3.24. The van der Waals surface area contributed by atoms with Crippen LogP contribution < -0.4 is 0 Å². The molecule has 0 saturated carbocycles. The van der Waals surface area contributed by atoms with Gasteiger partial charge in [0.25, 0.3) is 9.05 Å². The second-order valence-corrected chi connectivity index (χ2v) is 5.03. The third-order valence-electron chi connectivity index (χ3n) is 1.44. The van der Waals surface area contributed by atoms with Crippen LogP contribution in [0.5, 0.6) is 0 Å². The van der Waals surface area contributed by atoms with Gasteiger partial charge in [-0.2, -0.15) is 13.2 Å². The second kappa shape index (κ2) is 5.54. The van der Waals surface area contributed by atoms with Gasteiger partial charge < -0.3 is 0 Å². The molecule has 2 nitrogen and oxygen atoms in total. The maximum atomic E-state index is 12.1. The van der Waals surface area contributed by atoms with Gasteiger partial charge in [-0.3, -0.25) is 0 Å². The van der Waals surface area contributed by atoms with Crippen LogP contribution in [0.25, 0.3) is 0 Å². The van der Waals surface area contributed by atoms with Gasteiger partial charge in [0.15, 0.2) is 0 Å². The highest BCUT2D eigenvalue weighted by Crippen LogP contribution is 2.30. The molecule has 0 radical (unpaired) electrons. The minimum absolute atomic E-state index is 0.488. The Bertz CT molecular complexity index is 440. The standard InChI is InChI=1S/C7H4ClF3O2S.C2H6/c8-14(12,13)6-3-1-2-5(4-6)7(9,10)11;1-2/h1-4H;1-2H3. The minimum Gasteiger partial charge on any atom is -0.207 e. The largest absolute Gasteiger partial charge is 0.416 e. The molecule has 0 N–H and O–H groups in total. The van der Waals surface area contributed by atoms with Crippen LogP contribution in [-0.2, 0) is 15.2 Å². The summed E-state index contributed by atoms with van der Waals surface area (Å²) in [7, 11) is 0.772. The van der Waals surface area contributed by atoms with Crippen molar-refractivity contribution in [1.82, 2.24) is 0 Å². The first kappa shape index (κ1) is 15.2. The first-order chi connectivity index (χ1) is 7.21. The SMILES string of the molecule is CC.O=S(=O)(Cl)c1cccc(C(F)(F)F)c1. The summed E-state index contributed by atoms with van der Waals surface area (Å²) in [5.74, 6) is 0. The van der Waals surface area contributed by atoms with Gasteiger partial charge in [-0.25, -0.2) is 8.42 Å². The van der Waals surface area contributed by atoms with E-state index in [9.17, 15) is 21.6 Å². The van der Waals surface area contributed by atoms with Crippen LogP contribution >= 0.6 is 10.7 Å². The average molecular weight is 275 g/mol. The highest BCUT2D eigenvalue weighted by Gasteiger charge is 2.31. The number of halogens is 4. The Labute approximate surface area is 96.5 Å². The molecule has 0 aromatic heterocycles. The minimum atomic E-state index is -4.57. The lowest BCUT2D eigenvalue weighted by molar-refractivity contribution is -0.137. The first-order valence-electron chi connectivity index (χ1n) is 4.33. The highest BCUT2D eigenvalue weighted by atomic mass is 35.7. The molecular weight excluding hydrogens is 265 g/mol. The van der Waals surface area contributed by atoms with Gasteiger partial charge in [0.05, 0.1) is 10.5 Å². The van der Waals surface area contributed by atoms with E-state index in [1.54, 1.807) is 0 Å². The molecule has 92 valence electrons. The van der Waals surface area contributed by atoms with Crippen molar-refractivity contribution >= 4 is 19.7 Å². The molecule has 7 heteroatoms. The van der Waals surface area contributed by atoms with Crippen molar-refractivity contribution in [2.45, 2.75) is 24.9 Å². The summed E-state index contributed by atoms with van der Waals surface area (Å²) in [6.07, 6.45) is -4.57. The number of alkyl halides is 3. The van der Waals surface area contributed by atoms with Gasteiger partial charge in [0.1, 0.15) is 0 Å². The quantitative estimate of drug-likeness (QED) is 0.733. The summed E-state index contributed by atoms with van der Waals surface area (Å²) in [5.41, 5.74) is -1.04. The Kier molecular flexibility index (Phi) is 5.28. The fraction of sp³-hybridized carbons (Fsp3) is 0.333. The van der Waals surface area contributed by atoms with E-state index < -0.39 is 25.7 Å². The lowest BCUT2D eigenvalue weighted by Gasteiger charge is -2.06. The molecular formula is C9H10ClF3O2S. The molecule has 1 aromatic rings. The smallest absolute Gasteiger partial charge is 0.207 e. The van der Waals surface area contributed by atoms with E-state index in [2.05, 4.69) is 0 Å². The zero-order valence-electron chi connectivity index (χ0n) is 8.55. The van der Waals surface area contributed by atoms with Gasteiger partial charge in [-0.1, -0.05) is 19.9 Å². The molecule has 0 aliphatic carbocycles. The van der Waals surface area contributed by atoms with Crippen molar-refractivity contribution in [1.29, 1.82) is 0 Å². The van der Waals surface area contributed by atoms with Crippen LogP contribution in [0.4, 0.5) is 13.2 Å². The second-order valence-electron chi connectivity index (χ2n) is 2.46. The van der Waals surface area contributed by atoms with Gasteiger partial charge >= 0.3 is 6.18 Å². The topological polar surface area (TPSA) is 34.1 Å². The van der Waals surface area contributed by atoms with Gasteiger partial charge in [0.2, 0.25) is 0 Å². The summed E-state index contributed by atoms with van der Waals surface area (Å²) >= 11 is 0. The summed E-state index contributed by atoms with van der Waals surface area (Å²) in [6.45, 7) is 4.00. The van der Waals surface area contributed by atoms with Crippen molar-refractivity contribution in [3.63, 3.8) is 0 Å². The summed E-state index contributed by atoms with van der Waals surface area (Å²) in [5, 5.41) is 0. The van der Waals surface area contributed by atoms with Crippen LogP contribution in [0, 0.1) is 0 Å². The van der Waals surface area contributed by atoms with Crippen molar-refractivity contribution in [3.05, 3.63) is 29.8 Å². The highest BCUT2D eigenvalue weighted by molar-refractivity contribution is 8.13. The maximum absolute atomic E-state index is 12.1. The predicted molar refractivity (Wildman–Crippen MR) is 55.8 cm³/mol. The number of benzene rings is 1. The van der Waals surface area contributed by atoms with Crippen LogP contribution in [0.15, 0.2) is 29.2 Å². The molecule has 0 heterocycles. The van der Waals surface area contributed by atoms with E-state index in [0.717, 1.165) is 18.2 Å². The van der Waals surface area contributed by atoms with E-state index in [4.69, 9.17) is 10.7 Å². The zero-order chi connectivity index (χ0) is 13.0. The summed E-state index contributed by atoms with van der Waals surface area (Å²) < 4.78 is 57.8. The Morgan fingerprint density at radius 1 is 1.19 bits per heavy atom. The van der Waals surface area contributed by atoms with Crippen molar-refractivity contribution in [3.8, 4) is 0 Å². The maximum Gasteiger partial charge on any atom is 0.416 e. The lowest BCUT2D eigenvalue weighted by atomic mass is 10.2. The molecule has 0 saturated heterocycles. The van der Waals surface area contributed by atoms with Gasteiger partial charge in [0, 0.05) is 10.7 Å². The number of rotatable bonds is 1. The Hall–Kier alpha value is -0.750. The normalized spacial score (nSPS) is 11.6. The van der Waals surface area contributed by atoms with Crippen LogP contribution in [0.2, 0.25) is 0 Å². The third-order valence-corrected chi connectivity index (χ3v) is 2.79. The molecule has 1 rings (SSSR count). The van der Waals surface area contributed by atoms with Crippen LogP contribution in [0.3, 0.4) is 0 Å². The molecule has 16 heavy (non-hydrogen) atoms. The fourth-order valence-electron chi connectivity index (χ4n) is 0.824. The first-order valence-corrected chi connectivity index (χ1v) is 6.64. The third kappa shape index (κ3) is 4.40. The molecule has 0 atom stereocenters. The predicted octanol–water partition coefficient (Wildman–Crippen LogP) is 3.66. The monoisotopic (exact) mass is 274 g/mol. The Morgan fingerprint density at radius 3 is 2.06 bits per heavy atom. The van der Waals surface area contributed by atoms with Crippen molar-refractivity contribution in [2.24, 2.45) is 0 Å². The van der Waals surface area contributed by atoms with Crippen LogP contribution in [0.1, 0.15) is 19.4 Å². The number of hydrogen-bond acceptors (Lipinski definition) is 2. The van der Waals surface area contributed by atoms with Crippen molar-refractivity contribution < 1.29 is 21.6 Å². The lowest BCUT2D eigenvalue weighted by Crippen LogP contribution is -2.05. The molecule has 0 spiro atoms. The van der Waals surface area contributed by atoms with E-state index in [1.807, 2.05) is 13.8 Å². The van der Waals surface area contributed by atoms with Crippen LogP contribution in [-0.4, -0.2) is 8.42 Å². The molecule has 0 bridgehead atoms. The van der Waals surface area contributed by atoms with E-state index in [1.165, 1.54) is 0 Å².